The maximum Gasteiger partial charge on any atom is 0.319 e. The number of benzene rings is 1. The van der Waals surface area contributed by atoms with Gasteiger partial charge < -0.3 is 9.47 Å². The maximum atomic E-state index is 12.6. The highest BCUT2D eigenvalue weighted by Gasteiger charge is 2.51. The first kappa shape index (κ1) is 13.6. The topological polar surface area (TPSA) is 52.6 Å². The molecule has 0 bridgehead atoms. The summed E-state index contributed by atoms with van der Waals surface area (Å²) in [6.45, 7) is 1.88. The molecule has 1 aliphatic rings. The zero-order chi connectivity index (χ0) is 14.0. The van der Waals surface area contributed by atoms with Crippen LogP contribution < -0.4 is 4.74 Å². The van der Waals surface area contributed by atoms with E-state index in [4.69, 9.17) is 9.47 Å². The average Bonchev–Trinajstić information content (AvgIpc) is 2.36. The van der Waals surface area contributed by atoms with Crippen molar-refractivity contribution in [1.82, 2.24) is 0 Å². The molecule has 0 aromatic heterocycles. The SMILES string of the molecule is COC(=O)C1(C(=O)c2ccc(OC)c(C)c2)CCC1. The van der Waals surface area contributed by atoms with Crippen molar-refractivity contribution in [2.75, 3.05) is 14.2 Å². The van der Waals surface area contributed by atoms with E-state index in [-0.39, 0.29) is 5.78 Å². The molecule has 0 heterocycles. The lowest BCUT2D eigenvalue weighted by Gasteiger charge is -2.37. The number of carbonyl (C=O) groups is 2. The summed E-state index contributed by atoms with van der Waals surface area (Å²) in [4.78, 5) is 24.4. The monoisotopic (exact) mass is 262 g/mol. The second kappa shape index (κ2) is 5.03. The molecule has 0 amide bonds. The highest BCUT2D eigenvalue weighted by atomic mass is 16.5. The van der Waals surface area contributed by atoms with Crippen molar-refractivity contribution in [3.8, 4) is 5.75 Å². The van der Waals surface area contributed by atoms with Crippen molar-refractivity contribution in [3.63, 3.8) is 0 Å². The fourth-order valence-corrected chi connectivity index (χ4v) is 2.55. The summed E-state index contributed by atoms with van der Waals surface area (Å²) >= 11 is 0. The van der Waals surface area contributed by atoms with E-state index in [1.807, 2.05) is 6.92 Å². The van der Waals surface area contributed by atoms with E-state index < -0.39 is 11.4 Å². The summed E-state index contributed by atoms with van der Waals surface area (Å²) < 4.78 is 9.96. The summed E-state index contributed by atoms with van der Waals surface area (Å²) in [5, 5.41) is 0. The average molecular weight is 262 g/mol. The van der Waals surface area contributed by atoms with E-state index in [1.54, 1.807) is 25.3 Å². The third-order valence-corrected chi connectivity index (χ3v) is 3.87. The fraction of sp³-hybridized carbons (Fsp3) is 0.467. The van der Waals surface area contributed by atoms with Crippen LogP contribution in [0.25, 0.3) is 0 Å². The van der Waals surface area contributed by atoms with Gasteiger partial charge in [-0.15, -0.1) is 0 Å². The second-order valence-corrected chi connectivity index (χ2v) is 4.94. The van der Waals surface area contributed by atoms with Crippen LogP contribution in [0.1, 0.15) is 35.2 Å². The molecule has 1 aromatic rings. The van der Waals surface area contributed by atoms with Gasteiger partial charge in [-0.05, 0) is 43.5 Å². The molecule has 0 unspecified atom stereocenters. The van der Waals surface area contributed by atoms with Gasteiger partial charge in [-0.25, -0.2) is 0 Å². The number of ketones is 1. The van der Waals surface area contributed by atoms with Crippen LogP contribution in [0.3, 0.4) is 0 Å². The number of ether oxygens (including phenoxy) is 2. The van der Waals surface area contributed by atoms with E-state index in [9.17, 15) is 9.59 Å². The first-order chi connectivity index (χ1) is 9.05. The van der Waals surface area contributed by atoms with Crippen LogP contribution in [0.5, 0.6) is 5.75 Å². The molecule has 1 aliphatic carbocycles. The van der Waals surface area contributed by atoms with Gasteiger partial charge in [0.25, 0.3) is 0 Å². The van der Waals surface area contributed by atoms with E-state index in [2.05, 4.69) is 0 Å². The van der Waals surface area contributed by atoms with Crippen molar-refractivity contribution < 1.29 is 19.1 Å². The molecule has 102 valence electrons. The van der Waals surface area contributed by atoms with Gasteiger partial charge in [0.05, 0.1) is 14.2 Å². The Labute approximate surface area is 112 Å². The number of rotatable bonds is 4. The summed E-state index contributed by atoms with van der Waals surface area (Å²) in [5.41, 5.74) is 0.464. The molecule has 0 N–H and O–H groups in total. The van der Waals surface area contributed by atoms with Gasteiger partial charge in [-0.1, -0.05) is 6.42 Å². The van der Waals surface area contributed by atoms with E-state index in [1.165, 1.54) is 7.11 Å². The molecular formula is C15H18O4. The summed E-state index contributed by atoms with van der Waals surface area (Å²) in [6.07, 6.45) is 2.03. The van der Waals surface area contributed by atoms with Crippen molar-refractivity contribution in [2.24, 2.45) is 5.41 Å². The number of hydrogen-bond acceptors (Lipinski definition) is 4. The van der Waals surface area contributed by atoms with Gasteiger partial charge >= 0.3 is 5.97 Å². The number of esters is 1. The van der Waals surface area contributed by atoms with Crippen molar-refractivity contribution >= 4 is 11.8 Å². The summed E-state index contributed by atoms with van der Waals surface area (Å²) in [6, 6.07) is 5.23. The van der Waals surface area contributed by atoms with Crippen molar-refractivity contribution in [2.45, 2.75) is 26.2 Å². The molecule has 0 saturated heterocycles. The van der Waals surface area contributed by atoms with Crippen LogP contribution >= 0.6 is 0 Å². The highest BCUT2D eigenvalue weighted by Crippen LogP contribution is 2.44. The lowest BCUT2D eigenvalue weighted by atomic mass is 9.64. The van der Waals surface area contributed by atoms with Gasteiger partial charge in [-0.3, -0.25) is 9.59 Å². The molecule has 19 heavy (non-hydrogen) atoms. The fourth-order valence-electron chi connectivity index (χ4n) is 2.55. The minimum Gasteiger partial charge on any atom is -0.496 e. The molecule has 4 nitrogen and oxygen atoms in total. The van der Waals surface area contributed by atoms with Crippen molar-refractivity contribution in [3.05, 3.63) is 29.3 Å². The molecular weight excluding hydrogens is 244 g/mol. The molecule has 1 aromatic carbocycles. The van der Waals surface area contributed by atoms with Crippen LogP contribution in [-0.2, 0) is 9.53 Å². The number of aryl methyl sites for hydroxylation is 1. The Kier molecular flexibility index (Phi) is 3.60. The van der Waals surface area contributed by atoms with Gasteiger partial charge in [0.2, 0.25) is 0 Å². The largest absolute Gasteiger partial charge is 0.496 e. The van der Waals surface area contributed by atoms with Crippen LogP contribution in [0.15, 0.2) is 18.2 Å². The van der Waals surface area contributed by atoms with Crippen LogP contribution in [0, 0.1) is 12.3 Å². The standard InChI is InChI=1S/C15H18O4/c1-10-9-11(5-6-12(10)18-2)13(16)15(7-4-8-15)14(17)19-3/h5-6,9H,4,7-8H2,1-3H3. The molecule has 4 heteroatoms. The van der Waals surface area contributed by atoms with Crippen LogP contribution in [-0.4, -0.2) is 26.0 Å². The summed E-state index contributed by atoms with van der Waals surface area (Å²) in [7, 11) is 2.92. The van der Waals surface area contributed by atoms with Crippen LogP contribution in [0.2, 0.25) is 0 Å². The Bertz CT molecular complexity index is 515. The number of Topliss-reactive ketones (excluding diaryl/α,β-unsaturated/α-hetero) is 1. The second-order valence-electron chi connectivity index (χ2n) is 4.94. The molecule has 0 radical (unpaired) electrons. The Balaban J connectivity index is 2.33. The smallest absolute Gasteiger partial charge is 0.319 e. The van der Waals surface area contributed by atoms with Gasteiger partial charge in [0, 0.05) is 5.56 Å². The normalized spacial score (nSPS) is 16.4. The molecule has 0 aliphatic heterocycles. The maximum absolute atomic E-state index is 12.6. The lowest BCUT2D eigenvalue weighted by molar-refractivity contribution is -0.153. The number of hydrogen-bond donors (Lipinski definition) is 0. The quantitative estimate of drug-likeness (QED) is 0.475. The highest BCUT2D eigenvalue weighted by molar-refractivity contribution is 6.13. The zero-order valence-electron chi connectivity index (χ0n) is 11.5. The third-order valence-electron chi connectivity index (χ3n) is 3.87. The van der Waals surface area contributed by atoms with Gasteiger partial charge in [-0.2, -0.15) is 0 Å². The number of carbonyl (C=O) groups excluding carboxylic acids is 2. The predicted molar refractivity (Wildman–Crippen MR) is 70.4 cm³/mol. The minimum absolute atomic E-state index is 0.142. The van der Waals surface area contributed by atoms with E-state index in [0.29, 0.717) is 18.4 Å². The van der Waals surface area contributed by atoms with E-state index >= 15 is 0 Å². The molecule has 2 rings (SSSR count). The molecule has 0 atom stereocenters. The Hall–Kier alpha value is -1.84. The third kappa shape index (κ3) is 2.11. The lowest BCUT2D eigenvalue weighted by Crippen LogP contribution is -2.46. The Morgan fingerprint density at radius 2 is 1.89 bits per heavy atom. The Morgan fingerprint density at radius 3 is 2.32 bits per heavy atom. The van der Waals surface area contributed by atoms with Crippen LogP contribution in [0.4, 0.5) is 0 Å². The Morgan fingerprint density at radius 1 is 1.21 bits per heavy atom. The zero-order valence-corrected chi connectivity index (χ0v) is 11.5. The first-order valence-corrected chi connectivity index (χ1v) is 6.33. The molecule has 1 saturated carbocycles. The number of methoxy groups -OCH3 is 2. The molecule has 0 spiro atoms. The minimum atomic E-state index is -0.963. The van der Waals surface area contributed by atoms with E-state index in [0.717, 1.165) is 17.7 Å². The molecule has 1 fully saturated rings. The summed E-state index contributed by atoms with van der Waals surface area (Å²) in [5.74, 6) is 0.172. The predicted octanol–water partition coefficient (Wildman–Crippen LogP) is 2.53. The first-order valence-electron chi connectivity index (χ1n) is 6.33. The van der Waals surface area contributed by atoms with Gasteiger partial charge in [0.15, 0.2) is 5.78 Å². The van der Waals surface area contributed by atoms with Crippen molar-refractivity contribution in [1.29, 1.82) is 0 Å². The van der Waals surface area contributed by atoms with Gasteiger partial charge in [0.1, 0.15) is 11.2 Å².